The molecule has 1 aliphatic heterocycles. The smallest absolute Gasteiger partial charge is 0.101 e. The van der Waals surface area contributed by atoms with Crippen molar-refractivity contribution >= 4 is 0 Å². The third-order valence-electron chi connectivity index (χ3n) is 8.32. The molecular weight excluding hydrogens is 436 g/mol. The fourth-order valence-electron chi connectivity index (χ4n) is 5.83. The second kappa shape index (κ2) is 26.0. The highest BCUT2D eigenvalue weighted by Gasteiger charge is 2.24. The van der Waals surface area contributed by atoms with Crippen LogP contribution < -0.4 is 0 Å². The quantitative estimate of drug-likeness (QED) is 0.0977. The molecule has 0 fully saturated rings. The van der Waals surface area contributed by atoms with Gasteiger partial charge in [-0.05, 0) is 25.7 Å². The van der Waals surface area contributed by atoms with Crippen LogP contribution in [-0.2, 0) is 0 Å². The minimum atomic E-state index is 0.643. The van der Waals surface area contributed by atoms with E-state index in [0.29, 0.717) is 6.17 Å². The van der Waals surface area contributed by atoms with Crippen molar-refractivity contribution < 1.29 is 0 Å². The van der Waals surface area contributed by atoms with Crippen molar-refractivity contribution in [3.63, 3.8) is 0 Å². The lowest BCUT2D eigenvalue weighted by atomic mass is 10.0. The highest BCUT2D eigenvalue weighted by Crippen LogP contribution is 2.24. The Hall–Kier alpha value is -0.660. The minimum Gasteiger partial charge on any atom is -0.356 e. The lowest BCUT2D eigenvalue weighted by Gasteiger charge is -2.33. The Bertz CT molecular complexity index is 460. The van der Waals surface area contributed by atoms with Crippen LogP contribution in [-0.4, -0.2) is 29.1 Å². The van der Waals surface area contributed by atoms with Gasteiger partial charge in [0.15, 0.2) is 0 Å². The van der Waals surface area contributed by atoms with E-state index in [1.54, 1.807) is 0 Å². The van der Waals surface area contributed by atoms with Crippen LogP contribution in [0, 0.1) is 0 Å². The van der Waals surface area contributed by atoms with Gasteiger partial charge in [-0.25, -0.2) is 0 Å². The van der Waals surface area contributed by atoms with E-state index >= 15 is 0 Å². The van der Waals surface area contributed by atoms with Gasteiger partial charge in [0.05, 0.1) is 0 Å². The largest absolute Gasteiger partial charge is 0.356 e. The first-order valence-electron chi connectivity index (χ1n) is 17.0. The topological polar surface area (TPSA) is 6.48 Å². The first-order valence-corrected chi connectivity index (χ1v) is 17.0. The molecule has 214 valence electrons. The molecule has 0 aromatic carbocycles. The zero-order valence-corrected chi connectivity index (χ0v) is 25.4. The summed E-state index contributed by atoms with van der Waals surface area (Å²) in [6.45, 7) is 9.47. The Kier molecular flexibility index (Phi) is 24.1. The van der Waals surface area contributed by atoms with Crippen molar-refractivity contribution in [3.8, 4) is 0 Å². The minimum absolute atomic E-state index is 0.643. The average molecular weight is 505 g/mol. The number of hydrogen-bond donors (Lipinski definition) is 0. The van der Waals surface area contributed by atoms with Crippen molar-refractivity contribution in [2.45, 2.75) is 194 Å². The number of nitrogens with zero attached hydrogens (tertiary/aromatic N) is 2. The van der Waals surface area contributed by atoms with Gasteiger partial charge in [-0.1, -0.05) is 162 Å². The van der Waals surface area contributed by atoms with E-state index in [4.69, 9.17) is 0 Å². The molecular formula is C34H68N2. The standard InChI is InChI=1S/C34H68N2/c1-4-7-10-13-16-17-18-19-20-22-25-28-31-36-33-32-35(30-27-24-21-14-11-8-5-2)34(36)29-26-23-15-12-9-6-3/h32-34H,4-31H2,1-3H3. The highest BCUT2D eigenvalue weighted by atomic mass is 15.4. The van der Waals surface area contributed by atoms with Gasteiger partial charge in [-0.15, -0.1) is 0 Å². The molecule has 0 bridgehead atoms. The summed E-state index contributed by atoms with van der Waals surface area (Å²) in [5.41, 5.74) is 0. The molecule has 1 unspecified atom stereocenters. The predicted molar refractivity (Wildman–Crippen MR) is 163 cm³/mol. The van der Waals surface area contributed by atoms with E-state index in [9.17, 15) is 0 Å². The molecule has 0 saturated carbocycles. The Morgan fingerprint density at radius 1 is 0.361 bits per heavy atom. The van der Waals surface area contributed by atoms with Crippen LogP contribution in [0.3, 0.4) is 0 Å². The van der Waals surface area contributed by atoms with E-state index in [-0.39, 0.29) is 0 Å². The molecule has 36 heavy (non-hydrogen) atoms. The normalized spacial score (nSPS) is 15.5. The molecule has 1 rings (SSSR count). The molecule has 0 saturated heterocycles. The van der Waals surface area contributed by atoms with E-state index in [0.717, 1.165) is 0 Å². The second-order valence-electron chi connectivity index (χ2n) is 11.8. The maximum Gasteiger partial charge on any atom is 0.101 e. The van der Waals surface area contributed by atoms with E-state index in [2.05, 4.69) is 43.0 Å². The van der Waals surface area contributed by atoms with Crippen LogP contribution in [0.2, 0.25) is 0 Å². The molecule has 0 aromatic heterocycles. The third-order valence-corrected chi connectivity index (χ3v) is 8.32. The summed E-state index contributed by atoms with van der Waals surface area (Å²) in [5, 5.41) is 0. The first kappa shape index (κ1) is 33.4. The van der Waals surface area contributed by atoms with Crippen molar-refractivity contribution in [1.29, 1.82) is 0 Å². The van der Waals surface area contributed by atoms with Crippen LogP contribution in [0.1, 0.15) is 188 Å². The van der Waals surface area contributed by atoms with Crippen LogP contribution in [0.15, 0.2) is 12.4 Å². The van der Waals surface area contributed by atoms with Crippen LogP contribution in [0.5, 0.6) is 0 Å². The number of hydrogen-bond acceptors (Lipinski definition) is 2. The van der Waals surface area contributed by atoms with Crippen LogP contribution in [0.4, 0.5) is 0 Å². The molecule has 2 nitrogen and oxygen atoms in total. The Morgan fingerprint density at radius 2 is 0.639 bits per heavy atom. The fourth-order valence-corrected chi connectivity index (χ4v) is 5.83. The van der Waals surface area contributed by atoms with Crippen LogP contribution in [0.25, 0.3) is 0 Å². The lowest BCUT2D eigenvalue weighted by Crippen LogP contribution is -2.39. The maximum atomic E-state index is 2.70. The second-order valence-corrected chi connectivity index (χ2v) is 11.8. The zero-order chi connectivity index (χ0) is 25.9. The van der Waals surface area contributed by atoms with Gasteiger partial charge < -0.3 is 9.80 Å². The van der Waals surface area contributed by atoms with Gasteiger partial charge in [0.2, 0.25) is 0 Å². The Morgan fingerprint density at radius 3 is 0.972 bits per heavy atom. The summed E-state index contributed by atoms with van der Waals surface area (Å²) < 4.78 is 0. The maximum absolute atomic E-state index is 2.70. The number of rotatable bonds is 28. The molecule has 0 radical (unpaired) electrons. The van der Waals surface area contributed by atoms with Gasteiger partial charge in [-0.2, -0.15) is 0 Å². The number of unbranched alkanes of at least 4 members (excludes halogenated alkanes) is 22. The van der Waals surface area contributed by atoms with E-state index in [1.807, 2.05) is 0 Å². The van der Waals surface area contributed by atoms with Gasteiger partial charge in [0.1, 0.15) is 6.17 Å². The van der Waals surface area contributed by atoms with Crippen molar-refractivity contribution in [2.75, 3.05) is 13.1 Å². The van der Waals surface area contributed by atoms with Gasteiger partial charge in [0.25, 0.3) is 0 Å². The summed E-state index contributed by atoms with van der Waals surface area (Å²) in [5.74, 6) is 0. The van der Waals surface area contributed by atoms with Gasteiger partial charge in [0, 0.05) is 25.5 Å². The monoisotopic (exact) mass is 505 g/mol. The van der Waals surface area contributed by atoms with Crippen molar-refractivity contribution in [2.24, 2.45) is 0 Å². The molecule has 0 aliphatic carbocycles. The molecule has 2 heteroatoms. The van der Waals surface area contributed by atoms with Crippen molar-refractivity contribution in [1.82, 2.24) is 9.80 Å². The SMILES string of the molecule is CCCCCCCCCCCCCCN1C=CN(CCCCCCCCC)C1CCCCCCCC. The molecule has 0 spiro atoms. The van der Waals surface area contributed by atoms with Crippen molar-refractivity contribution in [3.05, 3.63) is 12.4 Å². The molecule has 0 N–H and O–H groups in total. The average Bonchev–Trinajstić information content (AvgIpc) is 3.27. The molecule has 1 atom stereocenters. The zero-order valence-electron chi connectivity index (χ0n) is 25.4. The summed E-state index contributed by atoms with van der Waals surface area (Å²) in [6, 6.07) is 0. The summed E-state index contributed by atoms with van der Waals surface area (Å²) in [7, 11) is 0. The fraction of sp³-hybridized carbons (Fsp3) is 0.941. The molecule has 1 heterocycles. The first-order chi connectivity index (χ1) is 17.8. The lowest BCUT2D eigenvalue weighted by molar-refractivity contribution is 0.135. The van der Waals surface area contributed by atoms with Gasteiger partial charge in [-0.3, -0.25) is 0 Å². The predicted octanol–water partition coefficient (Wildman–Crippen LogP) is 11.6. The van der Waals surface area contributed by atoms with E-state index in [1.165, 1.54) is 180 Å². The summed E-state index contributed by atoms with van der Waals surface area (Å²) in [4.78, 5) is 5.39. The summed E-state index contributed by atoms with van der Waals surface area (Å²) >= 11 is 0. The Balaban J connectivity index is 2.20. The molecule has 0 amide bonds. The van der Waals surface area contributed by atoms with E-state index < -0.39 is 0 Å². The molecule has 1 aliphatic rings. The Labute approximate surface area is 229 Å². The summed E-state index contributed by atoms with van der Waals surface area (Å²) in [6.07, 6.45) is 42.5. The molecule has 0 aromatic rings. The highest BCUT2D eigenvalue weighted by molar-refractivity contribution is 4.97. The van der Waals surface area contributed by atoms with Gasteiger partial charge >= 0.3 is 0 Å². The van der Waals surface area contributed by atoms with Crippen LogP contribution >= 0.6 is 0 Å². The third kappa shape index (κ3) is 18.6.